The zero-order valence-electron chi connectivity index (χ0n) is 10.2. The van der Waals surface area contributed by atoms with E-state index in [0.29, 0.717) is 19.8 Å². The van der Waals surface area contributed by atoms with E-state index in [1.807, 2.05) is 20.8 Å². The van der Waals surface area contributed by atoms with Crippen LogP contribution in [0.25, 0.3) is 0 Å². The SMILES string of the molecule is CCOCCOCc1ncc(C)c(N)c1C. The van der Waals surface area contributed by atoms with Crippen LogP contribution in [0.15, 0.2) is 6.20 Å². The molecule has 0 spiro atoms. The second-order valence-corrected chi connectivity index (χ2v) is 3.68. The summed E-state index contributed by atoms with van der Waals surface area (Å²) >= 11 is 0. The Balaban J connectivity index is 2.45. The van der Waals surface area contributed by atoms with Gasteiger partial charge in [0.25, 0.3) is 0 Å². The Morgan fingerprint density at radius 1 is 1.25 bits per heavy atom. The molecule has 0 aromatic carbocycles. The summed E-state index contributed by atoms with van der Waals surface area (Å²) in [7, 11) is 0. The Hall–Kier alpha value is -1.13. The number of nitrogen functional groups attached to an aromatic ring is 1. The standard InChI is InChI=1S/C12H20N2O2/c1-4-15-5-6-16-8-11-10(3)12(13)9(2)7-14-11/h7H,4-6,8H2,1-3H3,(H2,13,14). The van der Waals surface area contributed by atoms with Gasteiger partial charge in [-0.2, -0.15) is 0 Å². The zero-order valence-corrected chi connectivity index (χ0v) is 10.2. The first kappa shape index (κ1) is 12.9. The van der Waals surface area contributed by atoms with Crippen molar-refractivity contribution >= 4 is 5.69 Å². The van der Waals surface area contributed by atoms with Crippen molar-refractivity contribution in [3.63, 3.8) is 0 Å². The summed E-state index contributed by atoms with van der Waals surface area (Å²) in [5.74, 6) is 0. The lowest BCUT2D eigenvalue weighted by atomic mass is 10.1. The third kappa shape index (κ3) is 3.47. The van der Waals surface area contributed by atoms with Gasteiger partial charge in [-0.3, -0.25) is 4.98 Å². The van der Waals surface area contributed by atoms with E-state index >= 15 is 0 Å². The van der Waals surface area contributed by atoms with Crippen LogP contribution in [0.1, 0.15) is 23.7 Å². The Morgan fingerprint density at radius 3 is 2.62 bits per heavy atom. The Labute approximate surface area is 96.8 Å². The number of nitrogens with two attached hydrogens (primary N) is 1. The van der Waals surface area contributed by atoms with Crippen molar-refractivity contribution in [2.45, 2.75) is 27.4 Å². The molecule has 2 N–H and O–H groups in total. The lowest BCUT2D eigenvalue weighted by Gasteiger charge is -2.10. The molecule has 0 radical (unpaired) electrons. The Bertz CT molecular complexity index is 340. The number of nitrogens with zero attached hydrogens (tertiary/aromatic N) is 1. The third-order valence-electron chi connectivity index (χ3n) is 2.49. The van der Waals surface area contributed by atoms with E-state index in [-0.39, 0.29) is 0 Å². The monoisotopic (exact) mass is 224 g/mol. The molecule has 0 atom stereocenters. The van der Waals surface area contributed by atoms with E-state index < -0.39 is 0 Å². The fourth-order valence-electron chi connectivity index (χ4n) is 1.37. The fourth-order valence-corrected chi connectivity index (χ4v) is 1.37. The van der Waals surface area contributed by atoms with Crippen LogP contribution in [0.2, 0.25) is 0 Å². The van der Waals surface area contributed by atoms with E-state index in [0.717, 1.165) is 29.1 Å². The number of aromatic nitrogens is 1. The molecule has 0 aliphatic carbocycles. The van der Waals surface area contributed by atoms with Gasteiger partial charge in [0.05, 0.1) is 25.5 Å². The Kier molecular flexibility index (Phi) is 5.22. The van der Waals surface area contributed by atoms with Crippen molar-refractivity contribution < 1.29 is 9.47 Å². The van der Waals surface area contributed by atoms with Crippen molar-refractivity contribution in [2.75, 3.05) is 25.6 Å². The number of hydrogen-bond acceptors (Lipinski definition) is 4. The maximum atomic E-state index is 5.91. The molecule has 90 valence electrons. The van der Waals surface area contributed by atoms with Crippen LogP contribution in [0.5, 0.6) is 0 Å². The molecule has 16 heavy (non-hydrogen) atoms. The van der Waals surface area contributed by atoms with Crippen molar-refractivity contribution in [3.05, 3.63) is 23.0 Å². The molecule has 0 fully saturated rings. The normalized spacial score (nSPS) is 10.7. The number of anilines is 1. The first-order chi connectivity index (χ1) is 7.66. The highest BCUT2D eigenvalue weighted by Crippen LogP contribution is 2.18. The van der Waals surface area contributed by atoms with Crippen molar-refractivity contribution in [3.8, 4) is 0 Å². The van der Waals surface area contributed by atoms with Crippen LogP contribution in [0.3, 0.4) is 0 Å². The summed E-state index contributed by atoms with van der Waals surface area (Å²) in [4.78, 5) is 4.31. The van der Waals surface area contributed by atoms with Crippen LogP contribution in [-0.4, -0.2) is 24.8 Å². The lowest BCUT2D eigenvalue weighted by Crippen LogP contribution is -2.07. The van der Waals surface area contributed by atoms with E-state index in [1.165, 1.54) is 0 Å². The number of ether oxygens (including phenoxy) is 2. The maximum Gasteiger partial charge on any atom is 0.0892 e. The molecule has 0 bridgehead atoms. The minimum Gasteiger partial charge on any atom is -0.398 e. The summed E-state index contributed by atoms with van der Waals surface area (Å²) in [6, 6.07) is 0. The lowest BCUT2D eigenvalue weighted by molar-refractivity contribution is 0.0439. The number of aryl methyl sites for hydroxylation is 1. The largest absolute Gasteiger partial charge is 0.398 e. The van der Waals surface area contributed by atoms with Crippen LogP contribution in [-0.2, 0) is 16.1 Å². The number of pyridine rings is 1. The maximum absolute atomic E-state index is 5.91. The minimum absolute atomic E-state index is 0.489. The van der Waals surface area contributed by atoms with Crippen molar-refractivity contribution in [1.82, 2.24) is 4.98 Å². The van der Waals surface area contributed by atoms with Gasteiger partial charge in [0.1, 0.15) is 0 Å². The van der Waals surface area contributed by atoms with Gasteiger partial charge >= 0.3 is 0 Å². The average Bonchev–Trinajstić information content (AvgIpc) is 2.28. The molecule has 4 nitrogen and oxygen atoms in total. The second-order valence-electron chi connectivity index (χ2n) is 3.68. The summed E-state index contributed by atoms with van der Waals surface area (Å²) < 4.78 is 10.6. The average molecular weight is 224 g/mol. The number of hydrogen-bond donors (Lipinski definition) is 1. The van der Waals surface area contributed by atoms with Gasteiger partial charge < -0.3 is 15.2 Å². The van der Waals surface area contributed by atoms with E-state index in [9.17, 15) is 0 Å². The molecule has 1 aromatic heterocycles. The summed E-state index contributed by atoms with van der Waals surface area (Å²) in [6.45, 7) is 8.30. The fraction of sp³-hybridized carbons (Fsp3) is 0.583. The van der Waals surface area contributed by atoms with Crippen LogP contribution in [0.4, 0.5) is 5.69 Å². The summed E-state index contributed by atoms with van der Waals surface area (Å²) in [6.07, 6.45) is 1.78. The second kappa shape index (κ2) is 6.45. The summed E-state index contributed by atoms with van der Waals surface area (Å²) in [5, 5.41) is 0. The molecular weight excluding hydrogens is 204 g/mol. The van der Waals surface area contributed by atoms with E-state index in [2.05, 4.69) is 4.98 Å². The van der Waals surface area contributed by atoms with Gasteiger partial charge in [-0.15, -0.1) is 0 Å². The predicted octanol–water partition coefficient (Wildman–Crippen LogP) is 1.83. The van der Waals surface area contributed by atoms with Crippen LogP contribution in [0, 0.1) is 13.8 Å². The van der Waals surface area contributed by atoms with Crippen LogP contribution < -0.4 is 5.73 Å². The first-order valence-electron chi connectivity index (χ1n) is 5.52. The molecule has 0 aliphatic heterocycles. The smallest absolute Gasteiger partial charge is 0.0892 e. The molecule has 0 saturated carbocycles. The van der Waals surface area contributed by atoms with Gasteiger partial charge in [0.2, 0.25) is 0 Å². The van der Waals surface area contributed by atoms with Crippen LogP contribution >= 0.6 is 0 Å². The first-order valence-corrected chi connectivity index (χ1v) is 5.52. The van der Waals surface area contributed by atoms with E-state index in [1.54, 1.807) is 6.20 Å². The van der Waals surface area contributed by atoms with Gasteiger partial charge in [-0.1, -0.05) is 0 Å². The number of rotatable bonds is 6. The summed E-state index contributed by atoms with van der Waals surface area (Å²) in [5.41, 5.74) is 9.64. The molecule has 0 aliphatic rings. The molecule has 4 heteroatoms. The Morgan fingerprint density at radius 2 is 1.94 bits per heavy atom. The minimum atomic E-state index is 0.489. The molecule has 0 saturated heterocycles. The van der Waals surface area contributed by atoms with Gasteiger partial charge in [-0.25, -0.2) is 0 Å². The van der Waals surface area contributed by atoms with Crippen molar-refractivity contribution in [2.24, 2.45) is 0 Å². The quantitative estimate of drug-likeness (QED) is 0.749. The zero-order chi connectivity index (χ0) is 12.0. The highest BCUT2D eigenvalue weighted by atomic mass is 16.5. The van der Waals surface area contributed by atoms with Gasteiger partial charge in [0.15, 0.2) is 0 Å². The molecule has 1 aromatic rings. The molecule has 1 rings (SSSR count). The highest BCUT2D eigenvalue weighted by molar-refractivity contribution is 5.53. The molecule has 0 unspecified atom stereocenters. The van der Waals surface area contributed by atoms with E-state index in [4.69, 9.17) is 15.2 Å². The van der Waals surface area contributed by atoms with Gasteiger partial charge in [0, 0.05) is 18.5 Å². The predicted molar refractivity (Wildman–Crippen MR) is 64.3 cm³/mol. The van der Waals surface area contributed by atoms with Gasteiger partial charge in [-0.05, 0) is 31.9 Å². The third-order valence-corrected chi connectivity index (χ3v) is 2.49. The van der Waals surface area contributed by atoms with Crippen molar-refractivity contribution in [1.29, 1.82) is 0 Å². The molecule has 1 heterocycles. The highest BCUT2D eigenvalue weighted by Gasteiger charge is 2.05. The molecular formula is C12H20N2O2. The molecule has 0 amide bonds. The topological polar surface area (TPSA) is 57.4 Å².